The molecule has 0 aromatic heterocycles. The van der Waals surface area contributed by atoms with Gasteiger partial charge in [-0.2, -0.15) is 0 Å². The first kappa shape index (κ1) is 26.3. The Bertz CT molecular complexity index is 939. The molecule has 2 fully saturated rings. The smallest absolute Gasteiger partial charge is 0.317 e. The van der Waals surface area contributed by atoms with Crippen LogP contribution in [-0.4, -0.2) is 78.4 Å². The summed E-state index contributed by atoms with van der Waals surface area (Å²) in [7, 11) is 1.53. The van der Waals surface area contributed by atoms with E-state index in [1.54, 1.807) is 9.80 Å². The summed E-state index contributed by atoms with van der Waals surface area (Å²) in [5.41, 5.74) is 0.933. The molecular weight excluding hydrogens is 450 g/mol. The van der Waals surface area contributed by atoms with Crippen LogP contribution in [0.5, 0.6) is 5.75 Å². The van der Waals surface area contributed by atoms with Crippen molar-refractivity contribution in [2.45, 2.75) is 70.6 Å². The number of hydrogen-bond donors (Lipinski definition) is 3. The molecular formula is C25H37N5O5. The predicted molar refractivity (Wildman–Crippen MR) is 131 cm³/mol. The Morgan fingerprint density at radius 3 is 2.46 bits per heavy atom. The minimum Gasteiger partial charge on any atom is -0.493 e. The predicted octanol–water partition coefficient (Wildman–Crippen LogP) is 1.56. The van der Waals surface area contributed by atoms with E-state index in [2.05, 4.69) is 16.0 Å². The highest BCUT2D eigenvalue weighted by Gasteiger charge is 2.45. The van der Waals surface area contributed by atoms with Crippen LogP contribution >= 0.6 is 0 Å². The van der Waals surface area contributed by atoms with E-state index >= 15 is 0 Å². The Labute approximate surface area is 206 Å². The minimum atomic E-state index is -0.903. The van der Waals surface area contributed by atoms with E-state index in [1.807, 2.05) is 38.1 Å². The fraction of sp³-hybridized carbons (Fsp3) is 0.600. The summed E-state index contributed by atoms with van der Waals surface area (Å²) >= 11 is 0. The Hall–Kier alpha value is -3.30. The zero-order valence-electron chi connectivity index (χ0n) is 21.0. The van der Waals surface area contributed by atoms with E-state index in [9.17, 15) is 19.2 Å². The molecule has 0 aliphatic carbocycles. The maximum Gasteiger partial charge on any atom is 0.317 e. The molecule has 10 nitrogen and oxygen atoms in total. The summed E-state index contributed by atoms with van der Waals surface area (Å²) < 4.78 is 5.69. The lowest BCUT2D eigenvalue weighted by atomic mass is 10.00. The normalized spacial score (nSPS) is 25.4. The molecule has 5 amide bonds. The minimum absolute atomic E-state index is 0.0585. The number of ether oxygens (including phenoxy) is 1. The fourth-order valence-electron chi connectivity index (χ4n) is 5.09. The van der Waals surface area contributed by atoms with Crippen molar-refractivity contribution in [2.75, 3.05) is 26.7 Å². The first-order valence-electron chi connectivity index (χ1n) is 12.5. The summed E-state index contributed by atoms with van der Waals surface area (Å²) in [6, 6.07) is 5.48. The van der Waals surface area contributed by atoms with Gasteiger partial charge in [-0.3, -0.25) is 14.4 Å². The van der Waals surface area contributed by atoms with Crippen molar-refractivity contribution in [3.8, 4) is 5.75 Å². The summed E-state index contributed by atoms with van der Waals surface area (Å²) in [4.78, 5) is 54.1. The lowest BCUT2D eigenvalue weighted by Crippen LogP contribution is -2.61. The Balaban J connectivity index is 0.00000167. The number of nitrogens with zero attached hydrogens (tertiary/aromatic N) is 2. The van der Waals surface area contributed by atoms with E-state index in [0.29, 0.717) is 38.8 Å². The Kier molecular flexibility index (Phi) is 8.95. The summed E-state index contributed by atoms with van der Waals surface area (Å²) in [6.07, 6.45) is 2.45. The lowest BCUT2D eigenvalue weighted by molar-refractivity contribution is -0.144. The number of carbonyl (C=O) groups is 4. The van der Waals surface area contributed by atoms with Crippen LogP contribution in [0.25, 0.3) is 0 Å². The number of rotatable bonds is 3. The quantitative estimate of drug-likeness (QED) is 0.598. The van der Waals surface area contributed by atoms with Crippen molar-refractivity contribution in [3.05, 3.63) is 29.8 Å². The van der Waals surface area contributed by atoms with Crippen molar-refractivity contribution >= 4 is 23.8 Å². The van der Waals surface area contributed by atoms with Crippen molar-refractivity contribution in [2.24, 2.45) is 0 Å². The molecule has 10 heteroatoms. The summed E-state index contributed by atoms with van der Waals surface area (Å²) in [5.74, 6) is -0.117. The average molecular weight is 488 g/mol. The van der Waals surface area contributed by atoms with Crippen molar-refractivity contribution < 1.29 is 23.9 Å². The molecule has 3 heterocycles. The van der Waals surface area contributed by atoms with E-state index in [-0.39, 0.29) is 42.4 Å². The van der Waals surface area contributed by atoms with Crippen LogP contribution in [0, 0.1) is 0 Å². The molecule has 3 N–H and O–H groups in total. The van der Waals surface area contributed by atoms with Crippen molar-refractivity contribution in [1.29, 1.82) is 0 Å². The molecule has 2 saturated heterocycles. The highest BCUT2D eigenvalue weighted by Crippen LogP contribution is 2.33. The molecule has 4 atom stereocenters. The zero-order chi connectivity index (χ0) is 25.5. The Morgan fingerprint density at radius 2 is 1.74 bits per heavy atom. The van der Waals surface area contributed by atoms with E-state index in [0.717, 1.165) is 11.3 Å². The lowest BCUT2D eigenvalue weighted by Gasteiger charge is -2.39. The zero-order valence-corrected chi connectivity index (χ0v) is 21.0. The molecule has 1 aromatic rings. The second kappa shape index (κ2) is 11.9. The second-order valence-electron chi connectivity index (χ2n) is 8.77. The molecule has 4 rings (SSSR count). The highest BCUT2D eigenvalue weighted by molar-refractivity contribution is 5.93. The van der Waals surface area contributed by atoms with Gasteiger partial charge in [0.05, 0.1) is 19.2 Å². The van der Waals surface area contributed by atoms with E-state index in [4.69, 9.17) is 4.74 Å². The van der Waals surface area contributed by atoms with Crippen molar-refractivity contribution in [1.82, 2.24) is 25.8 Å². The second-order valence-corrected chi connectivity index (χ2v) is 8.77. The molecule has 3 aliphatic rings. The van der Waals surface area contributed by atoms with Gasteiger partial charge < -0.3 is 30.5 Å². The van der Waals surface area contributed by atoms with Crippen LogP contribution in [0.15, 0.2) is 24.3 Å². The molecule has 0 radical (unpaired) electrons. The van der Waals surface area contributed by atoms with E-state index < -0.39 is 12.1 Å². The van der Waals surface area contributed by atoms with Crippen LogP contribution < -0.4 is 20.7 Å². The van der Waals surface area contributed by atoms with E-state index in [1.165, 1.54) is 14.0 Å². The van der Waals surface area contributed by atoms with Gasteiger partial charge in [0.1, 0.15) is 17.8 Å². The Morgan fingerprint density at radius 1 is 1.00 bits per heavy atom. The van der Waals surface area contributed by atoms with Gasteiger partial charge in [-0.05, 0) is 25.3 Å². The molecule has 192 valence electrons. The molecule has 35 heavy (non-hydrogen) atoms. The van der Waals surface area contributed by atoms with Gasteiger partial charge in [0.2, 0.25) is 17.7 Å². The van der Waals surface area contributed by atoms with Crippen LogP contribution in [0.3, 0.4) is 0 Å². The first-order valence-corrected chi connectivity index (χ1v) is 12.5. The third-order valence-corrected chi connectivity index (χ3v) is 6.65. The summed E-state index contributed by atoms with van der Waals surface area (Å²) in [6.45, 7) is 6.34. The molecule has 0 unspecified atom stereocenters. The molecule has 1 aromatic carbocycles. The highest BCUT2D eigenvalue weighted by atomic mass is 16.5. The fourth-order valence-corrected chi connectivity index (χ4v) is 5.09. The largest absolute Gasteiger partial charge is 0.493 e. The molecule has 0 saturated carbocycles. The first-order chi connectivity index (χ1) is 16.9. The monoisotopic (exact) mass is 487 g/mol. The standard InChI is InChI=1S/C23H31N5O5.C2H6/c1-14(29)25-18-13-27(23(32)24-2)11-9-15-7-8-19(28(15)22(18)31)21(30)26-17-10-12-33-20-6-4-3-5-16(17)20;1-2/h3-6,15,17-19H,7-13H2,1-2H3,(H,24,32)(H,25,29)(H,26,30);1-2H3/t15-,17-,18+,19+;/m1./s1. The maximum absolute atomic E-state index is 13.5. The van der Waals surface area contributed by atoms with Gasteiger partial charge in [-0.1, -0.05) is 32.0 Å². The van der Waals surface area contributed by atoms with Gasteiger partial charge in [-0.15, -0.1) is 0 Å². The summed E-state index contributed by atoms with van der Waals surface area (Å²) in [5, 5.41) is 8.39. The van der Waals surface area contributed by atoms with Gasteiger partial charge in [0.15, 0.2) is 0 Å². The van der Waals surface area contributed by atoms with Gasteiger partial charge in [0.25, 0.3) is 0 Å². The van der Waals surface area contributed by atoms with Crippen LogP contribution in [0.2, 0.25) is 0 Å². The molecule has 0 bridgehead atoms. The van der Waals surface area contributed by atoms with Crippen LogP contribution in [-0.2, 0) is 14.4 Å². The van der Waals surface area contributed by atoms with Gasteiger partial charge in [0, 0.05) is 38.5 Å². The number of urea groups is 1. The van der Waals surface area contributed by atoms with Crippen molar-refractivity contribution in [3.63, 3.8) is 0 Å². The average Bonchev–Trinajstić information content (AvgIpc) is 3.29. The topological polar surface area (TPSA) is 120 Å². The van der Waals surface area contributed by atoms with Crippen LogP contribution in [0.1, 0.15) is 58.1 Å². The number of benzene rings is 1. The van der Waals surface area contributed by atoms with Crippen LogP contribution in [0.4, 0.5) is 4.79 Å². The number of nitrogens with one attached hydrogen (secondary N) is 3. The third-order valence-electron chi connectivity index (χ3n) is 6.65. The number of fused-ring (bicyclic) bond motifs is 2. The number of para-hydroxylation sites is 1. The molecule has 0 spiro atoms. The van der Waals surface area contributed by atoms with Gasteiger partial charge >= 0.3 is 6.03 Å². The number of hydrogen-bond acceptors (Lipinski definition) is 5. The number of amides is 5. The third kappa shape index (κ3) is 5.86. The maximum atomic E-state index is 13.5. The SMILES string of the molecule is CC.CNC(=O)N1CC[C@H]2CC[C@@H](C(=O)N[C@@H]3CCOc4ccccc43)N2C(=O)[C@@H](NC(C)=O)C1. The number of carbonyl (C=O) groups excluding carboxylic acids is 4. The molecule has 3 aliphatic heterocycles. The van der Waals surface area contributed by atoms with Gasteiger partial charge in [-0.25, -0.2) is 4.79 Å².